The zero-order chi connectivity index (χ0) is 18.8. The lowest BCUT2D eigenvalue weighted by atomic mass is 10.00. The van der Waals surface area contributed by atoms with Crippen molar-refractivity contribution in [1.29, 1.82) is 0 Å². The summed E-state index contributed by atoms with van der Waals surface area (Å²) in [5.41, 5.74) is 6.23. The van der Waals surface area contributed by atoms with Crippen LogP contribution in [0.25, 0.3) is 0 Å². The first-order valence-electron chi connectivity index (χ1n) is 9.13. The van der Waals surface area contributed by atoms with Crippen molar-refractivity contribution in [2.45, 2.75) is 26.8 Å². The first kappa shape index (κ1) is 17.2. The van der Waals surface area contributed by atoms with Crippen LogP contribution in [0.3, 0.4) is 0 Å². The van der Waals surface area contributed by atoms with Crippen LogP contribution in [0.4, 0.5) is 11.5 Å². The first-order chi connectivity index (χ1) is 13.1. The molecule has 1 aromatic heterocycles. The Labute approximate surface area is 159 Å². The molecule has 0 bridgehead atoms. The normalized spacial score (nSPS) is 13.2. The van der Waals surface area contributed by atoms with Gasteiger partial charge in [-0.2, -0.15) is 0 Å². The number of hydrogen-bond donors (Lipinski definition) is 1. The third kappa shape index (κ3) is 3.82. The molecule has 5 nitrogen and oxygen atoms in total. The number of fused-ring (bicyclic) bond motifs is 1. The van der Waals surface area contributed by atoms with Gasteiger partial charge in [0.15, 0.2) is 11.5 Å². The van der Waals surface area contributed by atoms with Crippen LogP contribution in [0.1, 0.15) is 32.7 Å². The fraction of sp³-hybridized carbons (Fsp3) is 0.227. The second-order valence-electron chi connectivity index (χ2n) is 7.05. The molecule has 0 unspecified atom stereocenters. The number of amides is 1. The monoisotopic (exact) mass is 358 g/mol. The molecule has 1 amide bonds. The number of nitrogens with zero attached hydrogens (tertiary/aromatic N) is 3. The average Bonchev–Trinajstić information content (AvgIpc) is 2.67. The van der Waals surface area contributed by atoms with Crippen LogP contribution in [-0.2, 0) is 13.0 Å². The van der Waals surface area contributed by atoms with Crippen LogP contribution in [0.5, 0.6) is 0 Å². The minimum atomic E-state index is -0.0741. The summed E-state index contributed by atoms with van der Waals surface area (Å²) >= 11 is 0. The van der Waals surface area contributed by atoms with Crippen LogP contribution >= 0.6 is 0 Å². The van der Waals surface area contributed by atoms with Crippen molar-refractivity contribution in [3.05, 3.63) is 82.5 Å². The van der Waals surface area contributed by atoms with Crippen molar-refractivity contribution >= 4 is 17.4 Å². The molecule has 0 spiro atoms. The Morgan fingerprint density at radius 1 is 0.963 bits per heavy atom. The van der Waals surface area contributed by atoms with Crippen LogP contribution in [0, 0.1) is 13.8 Å². The number of hydrogen-bond acceptors (Lipinski definition) is 4. The van der Waals surface area contributed by atoms with Gasteiger partial charge < -0.3 is 10.2 Å². The summed E-state index contributed by atoms with van der Waals surface area (Å²) in [4.78, 5) is 14.6. The molecule has 1 N–H and O–H groups in total. The molecule has 2 aromatic carbocycles. The number of anilines is 2. The molecular formula is C22H22N4O. The van der Waals surface area contributed by atoms with Crippen LogP contribution < -0.4 is 5.32 Å². The first-order valence-corrected chi connectivity index (χ1v) is 9.13. The van der Waals surface area contributed by atoms with Crippen molar-refractivity contribution in [1.82, 2.24) is 15.1 Å². The summed E-state index contributed by atoms with van der Waals surface area (Å²) in [6.45, 7) is 5.45. The number of nitrogens with one attached hydrogen (secondary N) is 1. The van der Waals surface area contributed by atoms with Crippen molar-refractivity contribution in [3.8, 4) is 0 Å². The molecule has 27 heavy (non-hydrogen) atoms. The molecule has 3 aromatic rings. The maximum atomic E-state index is 12.8. The highest BCUT2D eigenvalue weighted by molar-refractivity contribution is 5.92. The van der Waals surface area contributed by atoms with E-state index in [1.54, 1.807) is 12.1 Å². The highest BCUT2D eigenvalue weighted by Crippen LogP contribution is 2.21. The zero-order valence-corrected chi connectivity index (χ0v) is 15.6. The van der Waals surface area contributed by atoms with Gasteiger partial charge in [0.2, 0.25) is 0 Å². The van der Waals surface area contributed by atoms with Gasteiger partial charge in [0, 0.05) is 18.8 Å². The lowest BCUT2D eigenvalue weighted by molar-refractivity contribution is 0.0727. The molecule has 0 aliphatic carbocycles. The van der Waals surface area contributed by atoms with Gasteiger partial charge in [-0.3, -0.25) is 4.79 Å². The van der Waals surface area contributed by atoms with E-state index >= 15 is 0 Å². The summed E-state index contributed by atoms with van der Waals surface area (Å²) < 4.78 is 0. The molecule has 0 radical (unpaired) electrons. The molecule has 0 fully saturated rings. The highest BCUT2D eigenvalue weighted by atomic mass is 16.2. The fourth-order valence-corrected chi connectivity index (χ4v) is 3.54. The Morgan fingerprint density at radius 2 is 1.70 bits per heavy atom. The largest absolute Gasteiger partial charge is 0.339 e. The minimum absolute atomic E-state index is 0.0741. The number of carbonyl (C=O) groups is 1. The number of aromatic nitrogens is 2. The van der Waals surface area contributed by atoms with E-state index in [2.05, 4.69) is 59.7 Å². The van der Waals surface area contributed by atoms with Gasteiger partial charge in [-0.1, -0.05) is 30.3 Å². The topological polar surface area (TPSA) is 58.1 Å². The summed E-state index contributed by atoms with van der Waals surface area (Å²) in [7, 11) is 0. The predicted molar refractivity (Wildman–Crippen MR) is 106 cm³/mol. The van der Waals surface area contributed by atoms with Gasteiger partial charge >= 0.3 is 0 Å². The van der Waals surface area contributed by atoms with E-state index < -0.39 is 0 Å². The Balaban J connectivity index is 1.46. The van der Waals surface area contributed by atoms with E-state index in [0.29, 0.717) is 24.6 Å². The second kappa shape index (κ2) is 7.19. The Morgan fingerprint density at radius 3 is 2.41 bits per heavy atom. The molecule has 0 saturated carbocycles. The number of aryl methyl sites for hydroxylation is 2. The van der Waals surface area contributed by atoms with Crippen LogP contribution in [0.15, 0.2) is 54.6 Å². The zero-order valence-electron chi connectivity index (χ0n) is 15.6. The van der Waals surface area contributed by atoms with Crippen LogP contribution in [0.2, 0.25) is 0 Å². The van der Waals surface area contributed by atoms with Crippen molar-refractivity contribution in [2.75, 3.05) is 11.9 Å². The molecule has 5 heteroatoms. The molecule has 0 atom stereocenters. The lowest BCUT2D eigenvalue weighted by Crippen LogP contribution is -2.36. The molecule has 1 aliphatic heterocycles. The van der Waals surface area contributed by atoms with Gasteiger partial charge in [-0.05, 0) is 66.8 Å². The highest BCUT2D eigenvalue weighted by Gasteiger charge is 2.22. The second-order valence-corrected chi connectivity index (χ2v) is 7.05. The summed E-state index contributed by atoms with van der Waals surface area (Å²) in [5, 5.41) is 11.6. The molecule has 4 rings (SSSR count). The SMILES string of the molecule is Cc1cc(C)cc(Nc2ccc(C(=O)N3CCc4ccccc4C3)nn2)c1. The molecule has 0 saturated heterocycles. The fourth-order valence-electron chi connectivity index (χ4n) is 3.54. The average molecular weight is 358 g/mol. The van der Waals surface area contributed by atoms with Crippen molar-refractivity contribution in [3.63, 3.8) is 0 Å². The van der Waals surface area contributed by atoms with Gasteiger partial charge in [0.25, 0.3) is 5.91 Å². The van der Waals surface area contributed by atoms with Gasteiger partial charge in [0.05, 0.1) is 0 Å². The van der Waals surface area contributed by atoms with E-state index in [-0.39, 0.29) is 5.91 Å². The maximum absolute atomic E-state index is 12.8. The summed E-state index contributed by atoms with van der Waals surface area (Å²) in [5.74, 6) is 0.551. The maximum Gasteiger partial charge on any atom is 0.274 e. The van der Waals surface area contributed by atoms with Gasteiger partial charge in [-0.25, -0.2) is 0 Å². The number of rotatable bonds is 3. The molecule has 136 valence electrons. The predicted octanol–water partition coefficient (Wildman–Crippen LogP) is 4.04. The van der Waals surface area contributed by atoms with Gasteiger partial charge in [-0.15, -0.1) is 10.2 Å². The number of benzene rings is 2. The summed E-state index contributed by atoms with van der Waals surface area (Å²) in [6, 6.07) is 18.0. The Hall–Kier alpha value is -3.21. The van der Waals surface area contributed by atoms with Gasteiger partial charge in [0.1, 0.15) is 0 Å². The van der Waals surface area contributed by atoms with E-state index in [1.807, 2.05) is 17.0 Å². The summed E-state index contributed by atoms with van der Waals surface area (Å²) in [6.07, 6.45) is 0.877. The molecule has 1 aliphatic rings. The van der Waals surface area contributed by atoms with Crippen molar-refractivity contribution < 1.29 is 4.79 Å². The van der Waals surface area contributed by atoms with E-state index in [0.717, 1.165) is 12.1 Å². The van der Waals surface area contributed by atoms with Crippen LogP contribution in [-0.4, -0.2) is 27.5 Å². The van der Waals surface area contributed by atoms with Crippen molar-refractivity contribution in [2.24, 2.45) is 0 Å². The van der Waals surface area contributed by atoms with E-state index in [9.17, 15) is 4.79 Å². The smallest absolute Gasteiger partial charge is 0.274 e. The van der Waals surface area contributed by atoms with E-state index in [4.69, 9.17) is 0 Å². The third-order valence-corrected chi connectivity index (χ3v) is 4.80. The molecule has 2 heterocycles. The third-order valence-electron chi connectivity index (χ3n) is 4.80. The minimum Gasteiger partial charge on any atom is -0.339 e. The molecular weight excluding hydrogens is 336 g/mol. The standard InChI is InChI=1S/C22H22N4O/c1-15-11-16(2)13-19(12-15)23-21-8-7-20(24-25-21)22(27)26-10-9-17-5-3-4-6-18(17)14-26/h3-8,11-13H,9-10,14H2,1-2H3,(H,23,25). The quantitative estimate of drug-likeness (QED) is 0.768. The Bertz CT molecular complexity index is 962. The Kier molecular flexibility index (Phi) is 4.59. The number of carbonyl (C=O) groups excluding carboxylic acids is 1. The lowest BCUT2D eigenvalue weighted by Gasteiger charge is -2.28. The van der Waals surface area contributed by atoms with E-state index in [1.165, 1.54) is 22.3 Å².